The largest absolute Gasteiger partial charge is 0.394 e. The Kier molecular flexibility index (Phi) is 4.92. The average Bonchev–Trinajstić information content (AvgIpc) is 2.91. The molecule has 1 saturated heterocycles. The summed E-state index contributed by atoms with van der Waals surface area (Å²) in [5.74, 6) is 0.819. The van der Waals surface area contributed by atoms with Gasteiger partial charge in [0.05, 0.1) is 18.3 Å². The van der Waals surface area contributed by atoms with Crippen molar-refractivity contribution < 1.29 is 9.84 Å². The molecule has 0 bridgehead atoms. The lowest BCUT2D eigenvalue weighted by atomic mass is 9.77. The Labute approximate surface area is 129 Å². The van der Waals surface area contributed by atoms with Crippen molar-refractivity contribution in [1.29, 1.82) is 0 Å². The lowest BCUT2D eigenvalue weighted by molar-refractivity contribution is -0.0658. The van der Waals surface area contributed by atoms with Crippen LogP contribution in [0.2, 0.25) is 0 Å². The lowest BCUT2D eigenvalue weighted by Crippen LogP contribution is -2.53. The molecule has 1 unspecified atom stereocenters. The van der Waals surface area contributed by atoms with Crippen LogP contribution in [0, 0.1) is 5.92 Å². The van der Waals surface area contributed by atoms with Crippen molar-refractivity contribution in [2.24, 2.45) is 5.92 Å². The summed E-state index contributed by atoms with van der Waals surface area (Å²) < 4.78 is 6.45. The molecule has 0 aromatic rings. The summed E-state index contributed by atoms with van der Waals surface area (Å²) in [5, 5.41) is 13.5. The van der Waals surface area contributed by atoms with E-state index in [1.807, 2.05) is 0 Å². The molecular weight excluding hydrogens is 262 g/mol. The fourth-order valence-corrected chi connectivity index (χ4v) is 4.64. The van der Waals surface area contributed by atoms with Crippen molar-refractivity contribution in [2.75, 3.05) is 13.2 Å². The lowest BCUT2D eigenvalue weighted by Gasteiger charge is -2.40. The van der Waals surface area contributed by atoms with E-state index in [1.165, 1.54) is 57.8 Å². The summed E-state index contributed by atoms with van der Waals surface area (Å²) >= 11 is 0. The molecule has 3 nitrogen and oxygen atoms in total. The summed E-state index contributed by atoms with van der Waals surface area (Å²) in [6.07, 6.45) is 14.1. The summed E-state index contributed by atoms with van der Waals surface area (Å²) in [6, 6.07) is 0. The summed E-state index contributed by atoms with van der Waals surface area (Å²) in [7, 11) is 0. The molecule has 1 atom stereocenters. The maximum absolute atomic E-state index is 9.84. The van der Waals surface area contributed by atoms with Crippen molar-refractivity contribution in [2.45, 2.75) is 94.8 Å². The Balaban J connectivity index is 1.48. The Bertz CT molecular complexity index is 330. The molecule has 3 rings (SSSR count). The van der Waals surface area contributed by atoms with E-state index in [0.717, 1.165) is 25.3 Å². The van der Waals surface area contributed by atoms with Gasteiger partial charge in [-0.2, -0.15) is 0 Å². The van der Waals surface area contributed by atoms with Crippen LogP contribution in [0.3, 0.4) is 0 Å². The highest BCUT2D eigenvalue weighted by molar-refractivity contribution is 4.95. The quantitative estimate of drug-likeness (QED) is 0.835. The minimum Gasteiger partial charge on any atom is -0.394 e. The number of hydrogen-bond donors (Lipinski definition) is 2. The second kappa shape index (κ2) is 6.55. The molecule has 2 saturated carbocycles. The van der Waals surface area contributed by atoms with E-state index in [-0.39, 0.29) is 17.7 Å². The second-order valence-corrected chi connectivity index (χ2v) is 8.02. The molecule has 1 heterocycles. The van der Waals surface area contributed by atoms with Gasteiger partial charge in [-0.3, -0.25) is 0 Å². The highest BCUT2D eigenvalue weighted by Crippen LogP contribution is 2.42. The first-order chi connectivity index (χ1) is 10.2. The number of aliphatic hydroxyl groups is 1. The van der Waals surface area contributed by atoms with Crippen molar-refractivity contribution in [3.63, 3.8) is 0 Å². The van der Waals surface area contributed by atoms with Crippen LogP contribution >= 0.6 is 0 Å². The molecule has 1 spiro atoms. The molecule has 3 fully saturated rings. The Morgan fingerprint density at radius 3 is 2.38 bits per heavy atom. The molecule has 0 aromatic carbocycles. The molecule has 2 aliphatic carbocycles. The minimum atomic E-state index is -0.0296. The van der Waals surface area contributed by atoms with Gasteiger partial charge in [0.2, 0.25) is 0 Å². The zero-order valence-corrected chi connectivity index (χ0v) is 13.7. The monoisotopic (exact) mass is 295 g/mol. The van der Waals surface area contributed by atoms with Gasteiger partial charge in [0.15, 0.2) is 0 Å². The van der Waals surface area contributed by atoms with Gasteiger partial charge < -0.3 is 15.2 Å². The van der Waals surface area contributed by atoms with Crippen molar-refractivity contribution in [3.05, 3.63) is 0 Å². The SMILES string of the molecule is CC1CCC(CO)(NCC2CCC3(CCCCC3)O2)CC1. The summed E-state index contributed by atoms with van der Waals surface area (Å²) in [5.41, 5.74) is 0.191. The molecule has 0 amide bonds. The Hall–Kier alpha value is -0.120. The number of rotatable bonds is 4. The first kappa shape index (κ1) is 15.8. The third-order valence-corrected chi connectivity index (χ3v) is 6.34. The highest BCUT2D eigenvalue weighted by atomic mass is 16.5. The van der Waals surface area contributed by atoms with E-state index in [2.05, 4.69) is 12.2 Å². The van der Waals surface area contributed by atoms with Gasteiger partial charge in [-0.05, 0) is 57.3 Å². The van der Waals surface area contributed by atoms with Crippen LogP contribution in [0.4, 0.5) is 0 Å². The fourth-order valence-electron chi connectivity index (χ4n) is 4.64. The number of ether oxygens (including phenoxy) is 1. The summed E-state index contributed by atoms with van der Waals surface area (Å²) in [4.78, 5) is 0. The maximum atomic E-state index is 9.84. The van der Waals surface area contributed by atoms with Crippen LogP contribution in [0.5, 0.6) is 0 Å². The topological polar surface area (TPSA) is 41.5 Å². The van der Waals surface area contributed by atoms with Crippen LogP contribution in [0.15, 0.2) is 0 Å². The van der Waals surface area contributed by atoms with E-state index in [9.17, 15) is 5.11 Å². The predicted molar refractivity (Wildman–Crippen MR) is 85.4 cm³/mol. The standard InChI is InChI=1S/C18H33NO2/c1-15-5-10-17(14-20,11-6-15)19-13-16-7-12-18(21-16)8-3-2-4-9-18/h15-16,19-20H,2-14H2,1H3. The van der Waals surface area contributed by atoms with Crippen LogP contribution in [0.1, 0.15) is 77.6 Å². The molecule has 1 aliphatic heterocycles. The van der Waals surface area contributed by atoms with Gasteiger partial charge in [0, 0.05) is 12.1 Å². The van der Waals surface area contributed by atoms with Crippen molar-refractivity contribution >= 4 is 0 Å². The molecule has 0 radical (unpaired) electrons. The normalized spacial score (nSPS) is 39.7. The summed E-state index contributed by atoms with van der Waals surface area (Å²) in [6.45, 7) is 3.53. The van der Waals surface area contributed by atoms with E-state index < -0.39 is 0 Å². The van der Waals surface area contributed by atoms with Gasteiger partial charge >= 0.3 is 0 Å². The molecule has 2 N–H and O–H groups in total. The predicted octanol–water partition coefficient (Wildman–Crippen LogP) is 3.40. The van der Waals surface area contributed by atoms with Crippen LogP contribution < -0.4 is 5.32 Å². The average molecular weight is 295 g/mol. The molecule has 21 heavy (non-hydrogen) atoms. The van der Waals surface area contributed by atoms with Crippen molar-refractivity contribution in [1.82, 2.24) is 5.32 Å². The molecule has 3 aliphatic rings. The highest BCUT2D eigenvalue weighted by Gasteiger charge is 2.41. The third kappa shape index (κ3) is 3.62. The number of aliphatic hydroxyl groups excluding tert-OH is 1. The molecule has 0 aromatic heterocycles. The first-order valence-electron chi connectivity index (χ1n) is 9.19. The van der Waals surface area contributed by atoms with E-state index >= 15 is 0 Å². The van der Waals surface area contributed by atoms with Crippen molar-refractivity contribution in [3.8, 4) is 0 Å². The van der Waals surface area contributed by atoms with Crippen LogP contribution in [-0.4, -0.2) is 35.5 Å². The zero-order valence-electron chi connectivity index (χ0n) is 13.7. The molecule has 3 heteroatoms. The minimum absolute atomic E-state index is 0.0296. The van der Waals surface area contributed by atoms with Crippen LogP contribution in [0.25, 0.3) is 0 Å². The van der Waals surface area contributed by atoms with E-state index in [4.69, 9.17) is 4.74 Å². The van der Waals surface area contributed by atoms with Crippen LogP contribution in [-0.2, 0) is 4.74 Å². The third-order valence-electron chi connectivity index (χ3n) is 6.34. The van der Waals surface area contributed by atoms with Gasteiger partial charge in [0.25, 0.3) is 0 Å². The van der Waals surface area contributed by atoms with Gasteiger partial charge in [-0.15, -0.1) is 0 Å². The van der Waals surface area contributed by atoms with Gasteiger partial charge in [-0.25, -0.2) is 0 Å². The molecule has 122 valence electrons. The smallest absolute Gasteiger partial charge is 0.0708 e. The fraction of sp³-hybridized carbons (Fsp3) is 1.00. The van der Waals surface area contributed by atoms with Gasteiger partial charge in [-0.1, -0.05) is 26.2 Å². The van der Waals surface area contributed by atoms with Gasteiger partial charge in [0.1, 0.15) is 0 Å². The molecular formula is C18H33NO2. The number of hydrogen-bond acceptors (Lipinski definition) is 3. The second-order valence-electron chi connectivity index (χ2n) is 8.02. The van der Waals surface area contributed by atoms with E-state index in [1.54, 1.807) is 0 Å². The maximum Gasteiger partial charge on any atom is 0.0708 e. The Morgan fingerprint density at radius 2 is 1.71 bits per heavy atom. The first-order valence-corrected chi connectivity index (χ1v) is 9.19. The van der Waals surface area contributed by atoms with E-state index in [0.29, 0.717) is 6.10 Å². The Morgan fingerprint density at radius 1 is 1.00 bits per heavy atom. The zero-order chi connectivity index (χ0) is 14.8. The number of nitrogens with one attached hydrogen (secondary N) is 1.